The summed E-state index contributed by atoms with van der Waals surface area (Å²) in [4.78, 5) is 0. The van der Waals surface area contributed by atoms with Gasteiger partial charge in [0.25, 0.3) is 0 Å². The minimum atomic E-state index is -0.155. The first-order valence-electron chi connectivity index (χ1n) is 6.79. The average Bonchev–Trinajstić information content (AvgIpc) is 2.42. The molecule has 0 amide bonds. The molecule has 0 fully saturated rings. The van der Waals surface area contributed by atoms with Gasteiger partial charge < -0.3 is 5.32 Å². The van der Waals surface area contributed by atoms with Gasteiger partial charge in [0.1, 0.15) is 5.82 Å². The molecule has 1 aliphatic rings. The van der Waals surface area contributed by atoms with Crippen molar-refractivity contribution in [2.45, 2.75) is 26.3 Å². The standard InChI is InChI=1S/C17H18FN/c1-12-9-16(18)6-5-14(12)10-15-4-2-3-13-7-8-19-11-17(13)15/h2-6,9,19H,7-8,10-11H2,1H3. The molecule has 0 radical (unpaired) electrons. The molecule has 0 aromatic heterocycles. The van der Waals surface area contributed by atoms with Gasteiger partial charge >= 0.3 is 0 Å². The predicted octanol–water partition coefficient (Wildman–Crippen LogP) is 3.37. The first-order chi connectivity index (χ1) is 9.24. The summed E-state index contributed by atoms with van der Waals surface area (Å²) in [6.07, 6.45) is 1.99. The van der Waals surface area contributed by atoms with Crippen LogP contribution in [-0.2, 0) is 19.4 Å². The summed E-state index contributed by atoms with van der Waals surface area (Å²) in [5, 5.41) is 3.43. The Balaban J connectivity index is 1.95. The maximum atomic E-state index is 13.1. The van der Waals surface area contributed by atoms with E-state index in [0.29, 0.717) is 0 Å². The highest BCUT2D eigenvalue weighted by Crippen LogP contribution is 2.22. The largest absolute Gasteiger partial charge is 0.312 e. The van der Waals surface area contributed by atoms with Crippen molar-refractivity contribution in [3.8, 4) is 0 Å². The van der Waals surface area contributed by atoms with Gasteiger partial charge in [-0.25, -0.2) is 4.39 Å². The Morgan fingerprint density at radius 1 is 1.16 bits per heavy atom. The van der Waals surface area contributed by atoms with Gasteiger partial charge in [-0.05, 0) is 66.3 Å². The molecule has 19 heavy (non-hydrogen) atoms. The molecule has 98 valence electrons. The van der Waals surface area contributed by atoms with E-state index in [4.69, 9.17) is 0 Å². The second kappa shape index (κ2) is 5.14. The fourth-order valence-electron chi connectivity index (χ4n) is 2.81. The normalized spacial score (nSPS) is 14.2. The second-order valence-electron chi connectivity index (χ2n) is 5.23. The summed E-state index contributed by atoms with van der Waals surface area (Å²) in [5.74, 6) is -0.155. The zero-order valence-electron chi connectivity index (χ0n) is 11.2. The van der Waals surface area contributed by atoms with Crippen LogP contribution >= 0.6 is 0 Å². The molecule has 1 heterocycles. The van der Waals surface area contributed by atoms with E-state index < -0.39 is 0 Å². The van der Waals surface area contributed by atoms with Crippen LogP contribution in [-0.4, -0.2) is 6.54 Å². The maximum absolute atomic E-state index is 13.1. The van der Waals surface area contributed by atoms with Crippen LogP contribution in [0.1, 0.15) is 27.8 Å². The highest BCUT2D eigenvalue weighted by atomic mass is 19.1. The minimum Gasteiger partial charge on any atom is -0.312 e. The lowest BCUT2D eigenvalue weighted by atomic mass is 9.91. The molecular weight excluding hydrogens is 237 g/mol. The van der Waals surface area contributed by atoms with Crippen LogP contribution in [0.2, 0.25) is 0 Å². The molecule has 0 atom stereocenters. The van der Waals surface area contributed by atoms with Crippen molar-refractivity contribution in [2.24, 2.45) is 0 Å². The van der Waals surface area contributed by atoms with Crippen molar-refractivity contribution in [1.82, 2.24) is 5.32 Å². The fraction of sp³-hybridized carbons (Fsp3) is 0.294. The van der Waals surface area contributed by atoms with Crippen molar-refractivity contribution < 1.29 is 4.39 Å². The lowest BCUT2D eigenvalue weighted by Crippen LogP contribution is -2.24. The van der Waals surface area contributed by atoms with Crippen molar-refractivity contribution in [2.75, 3.05) is 6.54 Å². The molecule has 0 saturated heterocycles. The van der Waals surface area contributed by atoms with E-state index in [0.717, 1.165) is 31.5 Å². The lowest BCUT2D eigenvalue weighted by Gasteiger charge is -2.20. The number of fused-ring (bicyclic) bond motifs is 1. The van der Waals surface area contributed by atoms with E-state index >= 15 is 0 Å². The number of hydrogen-bond acceptors (Lipinski definition) is 1. The smallest absolute Gasteiger partial charge is 0.123 e. The third kappa shape index (κ3) is 2.54. The van der Waals surface area contributed by atoms with Crippen molar-refractivity contribution in [1.29, 1.82) is 0 Å². The summed E-state index contributed by atoms with van der Waals surface area (Å²) < 4.78 is 13.1. The summed E-state index contributed by atoms with van der Waals surface area (Å²) >= 11 is 0. The lowest BCUT2D eigenvalue weighted by molar-refractivity contribution is 0.625. The molecule has 0 spiro atoms. The zero-order valence-corrected chi connectivity index (χ0v) is 11.2. The van der Waals surface area contributed by atoms with Gasteiger partial charge in [-0.1, -0.05) is 24.3 Å². The van der Waals surface area contributed by atoms with Crippen LogP contribution in [0.25, 0.3) is 0 Å². The Morgan fingerprint density at radius 2 is 2.05 bits per heavy atom. The second-order valence-corrected chi connectivity index (χ2v) is 5.23. The Bertz CT molecular complexity index is 604. The van der Waals surface area contributed by atoms with Crippen molar-refractivity contribution >= 4 is 0 Å². The molecule has 0 unspecified atom stereocenters. The van der Waals surface area contributed by atoms with E-state index in [2.05, 4.69) is 23.5 Å². The third-order valence-electron chi connectivity index (χ3n) is 3.93. The summed E-state index contributed by atoms with van der Waals surface area (Å²) in [7, 11) is 0. The zero-order chi connectivity index (χ0) is 13.2. The van der Waals surface area contributed by atoms with Crippen LogP contribution in [0.5, 0.6) is 0 Å². The number of nitrogens with one attached hydrogen (secondary N) is 1. The SMILES string of the molecule is Cc1cc(F)ccc1Cc1cccc2c1CNCC2. The molecule has 2 heteroatoms. The Labute approximate surface area is 113 Å². The third-order valence-corrected chi connectivity index (χ3v) is 3.93. The summed E-state index contributed by atoms with van der Waals surface area (Å²) in [5.41, 5.74) is 6.48. The van der Waals surface area contributed by atoms with E-state index in [1.165, 1.54) is 22.3 Å². The number of halogens is 1. The summed E-state index contributed by atoms with van der Waals surface area (Å²) in [6, 6.07) is 11.6. The molecule has 0 aliphatic carbocycles. The van der Waals surface area contributed by atoms with Crippen LogP contribution in [0.3, 0.4) is 0 Å². The molecule has 1 nitrogen and oxygen atoms in total. The van der Waals surface area contributed by atoms with E-state index in [-0.39, 0.29) is 5.82 Å². The Kier molecular flexibility index (Phi) is 3.34. The Morgan fingerprint density at radius 3 is 2.89 bits per heavy atom. The van der Waals surface area contributed by atoms with Gasteiger partial charge in [0.05, 0.1) is 0 Å². The van der Waals surface area contributed by atoms with Crippen LogP contribution in [0, 0.1) is 12.7 Å². The van der Waals surface area contributed by atoms with Gasteiger partial charge in [0.2, 0.25) is 0 Å². The average molecular weight is 255 g/mol. The molecule has 0 saturated carbocycles. The molecule has 1 aliphatic heterocycles. The summed E-state index contributed by atoms with van der Waals surface area (Å²) in [6.45, 7) is 3.99. The Hall–Kier alpha value is -1.67. The predicted molar refractivity (Wildman–Crippen MR) is 75.8 cm³/mol. The van der Waals surface area contributed by atoms with Gasteiger partial charge in [-0.3, -0.25) is 0 Å². The number of benzene rings is 2. The van der Waals surface area contributed by atoms with E-state index in [9.17, 15) is 4.39 Å². The molecule has 1 N–H and O–H groups in total. The van der Waals surface area contributed by atoms with E-state index in [1.807, 2.05) is 13.0 Å². The quantitative estimate of drug-likeness (QED) is 0.867. The van der Waals surface area contributed by atoms with Gasteiger partial charge in [-0.2, -0.15) is 0 Å². The van der Waals surface area contributed by atoms with Crippen molar-refractivity contribution in [3.63, 3.8) is 0 Å². The monoisotopic (exact) mass is 255 g/mol. The fourth-order valence-corrected chi connectivity index (χ4v) is 2.81. The molecule has 2 aromatic carbocycles. The number of aryl methyl sites for hydroxylation is 1. The highest BCUT2D eigenvalue weighted by molar-refractivity contribution is 5.41. The first-order valence-corrected chi connectivity index (χ1v) is 6.79. The van der Waals surface area contributed by atoms with Gasteiger partial charge in [0.15, 0.2) is 0 Å². The molecular formula is C17H18FN. The number of rotatable bonds is 2. The first kappa shape index (κ1) is 12.4. The van der Waals surface area contributed by atoms with Crippen LogP contribution in [0.4, 0.5) is 4.39 Å². The maximum Gasteiger partial charge on any atom is 0.123 e. The minimum absolute atomic E-state index is 0.155. The van der Waals surface area contributed by atoms with Crippen molar-refractivity contribution in [3.05, 3.63) is 70.0 Å². The van der Waals surface area contributed by atoms with E-state index in [1.54, 1.807) is 12.1 Å². The topological polar surface area (TPSA) is 12.0 Å². The van der Waals surface area contributed by atoms with Crippen LogP contribution in [0.15, 0.2) is 36.4 Å². The molecule has 3 rings (SSSR count). The van der Waals surface area contributed by atoms with Gasteiger partial charge in [0, 0.05) is 6.54 Å². The number of hydrogen-bond donors (Lipinski definition) is 1. The van der Waals surface area contributed by atoms with Crippen LogP contribution < -0.4 is 5.32 Å². The molecule has 0 bridgehead atoms. The van der Waals surface area contributed by atoms with Gasteiger partial charge in [-0.15, -0.1) is 0 Å². The molecule has 2 aromatic rings. The highest BCUT2D eigenvalue weighted by Gasteiger charge is 2.13.